The number of benzene rings is 1. The van der Waals surface area contributed by atoms with E-state index in [0.717, 1.165) is 12.8 Å². The van der Waals surface area contributed by atoms with Gasteiger partial charge in [-0.05, 0) is 18.8 Å². The number of amides is 1. The Labute approximate surface area is 124 Å². The van der Waals surface area contributed by atoms with Crippen LogP contribution in [0.1, 0.15) is 19.3 Å². The zero-order chi connectivity index (χ0) is 15.4. The molecule has 21 heavy (non-hydrogen) atoms. The van der Waals surface area contributed by atoms with Crippen LogP contribution < -0.4 is 25.3 Å². The molecule has 1 aliphatic carbocycles. The van der Waals surface area contributed by atoms with Gasteiger partial charge in [0.15, 0.2) is 11.5 Å². The molecule has 116 valence electrons. The third-order valence-corrected chi connectivity index (χ3v) is 3.60. The maximum absolute atomic E-state index is 12.0. The zero-order valence-corrected chi connectivity index (χ0v) is 12.6. The predicted octanol–water partition coefficient (Wildman–Crippen LogP) is 1.78. The van der Waals surface area contributed by atoms with E-state index in [1.54, 1.807) is 12.1 Å². The quantitative estimate of drug-likeness (QED) is 0.801. The van der Waals surface area contributed by atoms with Gasteiger partial charge in [0, 0.05) is 30.3 Å². The number of ether oxygens (including phenoxy) is 3. The standard InChI is InChI=1S/C15H22N2O4/c1-19-12-6-10(7-13(20-2)15(12)21-3)17-14(18)8-11(16)9-4-5-9/h6-7,9,11H,4-5,8,16H2,1-3H3,(H,17,18). The summed E-state index contributed by atoms with van der Waals surface area (Å²) < 4.78 is 15.7. The molecule has 1 atom stereocenters. The Morgan fingerprint density at radius 1 is 1.24 bits per heavy atom. The average molecular weight is 294 g/mol. The van der Waals surface area contributed by atoms with E-state index in [2.05, 4.69) is 5.32 Å². The SMILES string of the molecule is COc1cc(NC(=O)CC(N)C2CC2)cc(OC)c1OC. The van der Waals surface area contributed by atoms with Crippen LogP contribution in [-0.4, -0.2) is 33.3 Å². The molecular formula is C15H22N2O4. The number of hydrogen-bond acceptors (Lipinski definition) is 5. The Kier molecular flexibility index (Phi) is 4.90. The Bertz CT molecular complexity index is 489. The van der Waals surface area contributed by atoms with E-state index in [1.165, 1.54) is 21.3 Å². The van der Waals surface area contributed by atoms with Crippen molar-refractivity contribution in [2.24, 2.45) is 11.7 Å². The van der Waals surface area contributed by atoms with Crippen LogP contribution in [-0.2, 0) is 4.79 Å². The molecule has 0 radical (unpaired) electrons. The molecule has 0 bridgehead atoms. The first kappa shape index (κ1) is 15.4. The summed E-state index contributed by atoms with van der Waals surface area (Å²) in [6.07, 6.45) is 2.57. The van der Waals surface area contributed by atoms with Gasteiger partial charge in [-0.3, -0.25) is 4.79 Å². The van der Waals surface area contributed by atoms with Crippen molar-refractivity contribution in [3.8, 4) is 17.2 Å². The van der Waals surface area contributed by atoms with Gasteiger partial charge in [0.1, 0.15) is 0 Å². The highest BCUT2D eigenvalue weighted by Gasteiger charge is 2.29. The molecule has 0 heterocycles. The van der Waals surface area contributed by atoms with Gasteiger partial charge in [-0.25, -0.2) is 0 Å². The Hall–Kier alpha value is -1.95. The lowest BCUT2D eigenvalue weighted by Gasteiger charge is -2.15. The summed E-state index contributed by atoms with van der Waals surface area (Å²) in [7, 11) is 4.60. The van der Waals surface area contributed by atoms with E-state index < -0.39 is 0 Å². The van der Waals surface area contributed by atoms with E-state index >= 15 is 0 Å². The molecule has 0 spiro atoms. The number of hydrogen-bond donors (Lipinski definition) is 2. The lowest BCUT2D eigenvalue weighted by molar-refractivity contribution is -0.116. The predicted molar refractivity (Wildman–Crippen MR) is 80.0 cm³/mol. The van der Waals surface area contributed by atoms with Gasteiger partial charge in [0.25, 0.3) is 0 Å². The van der Waals surface area contributed by atoms with Crippen molar-refractivity contribution in [3.63, 3.8) is 0 Å². The molecule has 2 rings (SSSR count). The van der Waals surface area contributed by atoms with Crippen molar-refractivity contribution < 1.29 is 19.0 Å². The summed E-state index contributed by atoms with van der Waals surface area (Å²) in [6.45, 7) is 0. The number of methoxy groups -OCH3 is 3. The Morgan fingerprint density at radius 3 is 2.24 bits per heavy atom. The molecule has 6 heteroatoms. The van der Waals surface area contributed by atoms with Gasteiger partial charge in [-0.15, -0.1) is 0 Å². The van der Waals surface area contributed by atoms with Crippen LogP contribution in [0.15, 0.2) is 12.1 Å². The van der Waals surface area contributed by atoms with Gasteiger partial charge in [-0.1, -0.05) is 0 Å². The molecular weight excluding hydrogens is 272 g/mol. The van der Waals surface area contributed by atoms with Crippen molar-refractivity contribution in [2.75, 3.05) is 26.6 Å². The van der Waals surface area contributed by atoms with Crippen molar-refractivity contribution >= 4 is 11.6 Å². The summed E-state index contributed by atoms with van der Waals surface area (Å²) >= 11 is 0. The van der Waals surface area contributed by atoms with Crippen LogP contribution in [0.4, 0.5) is 5.69 Å². The van der Waals surface area contributed by atoms with Crippen LogP contribution in [0.5, 0.6) is 17.2 Å². The minimum Gasteiger partial charge on any atom is -0.493 e. The Morgan fingerprint density at radius 2 is 1.81 bits per heavy atom. The molecule has 1 fully saturated rings. The van der Waals surface area contributed by atoms with Crippen molar-refractivity contribution in [2.45, 2.75) is 25.3 Å². The van der Waals surface area contributed by atoms with Gasteiger partial charge in [0.2, 0.25) is 11.7 Å². The highest BCUT2D eigenvalue weighted by Crippen LogP contribution is 2.40. The van der Waals surface area contributed by atoms with Crippen molar-refractivity contribution in [1.29, 1.82) is 0 Å². The average Bonchev–Trinajstić information content (AvgIpc) is 3.30. The molecule has 1 unspecified atom stereocenters. The van der Waals surface area contributed by atoms with Crippen LogP contribution >= 0.6 is 0 Å². The third-order valence-electron chi connectivity index (χ3n) is 3.60. The first-order valence-electron chi connectivity index (χ1n) is 6.94. The summed E-state index contributed by atoms with van der Waals surface area (Å²) in [5, 5.41) is 2.82. The highest BCUT2D eigenvalue weighted by atomic mass is 16.5. The van der Waals surface area contributed by atoms with Crippen molar-refractivity contribution in [3.05, 3.63) is 12.1 Å². The minimum atomic E-state index is -0.108. The van der Waals surface area contributed by atoms with E-state index in [0.29, 0.717) is 35.3 Å². The van der Waals surface area contributed by atoms with Crippen LogP contribution in [0.25, 0.3) is 0 Å². The molecule has 0 aromatic heterocycles. The fraction of sp³-hybridized carbons (Fsp3) is 0.533. The van der Waals surface area contributed by atoms with E-state index in [1.807, 2.05) is 0 Å². The lowest BCUT2D eigenvalue weighted by atomic mass is 10.1. The number of nitrogens with one attached hydrogen (secondary N) is 1. The first-order chi connectivity index (χ1) is 10.1. The molecule has 1 aliphatic rings. The summed E-state index contributed by atoms with van der Waals surface area (Å²) in [5.41, 5.74) is 6.56. The molecule has 1 amide bonds. The van der Waals surface area contributed by atoms with E-state index in [-0.39, 0.29) is 11.9 Å². The second kappa shape index (κ2) is 6.67. The van der Waals surface area contributed by atoms with Crippen LogP contribution in [0.2, 0.25) is 0 Å². The van der Waals surface area contributed by atoms with Crippen LogP contribution in [0.3, 0.4) is 0 Å². The molecule has 3 N–H and O–H groups in total. The molecule has 6 nitrogen and oxygen atoms in total. The monoisotopic (exact) mass is 294 g/mol. The zero-order valence-electron chi connectivity index (χ0n) is 12.6. The maximum atomic E-state index is 12.0. The number of rotatable bonds is 7. The number of anilines is 1. The summed E-state index contributed by atoms with van der Waals surface area (Å²) in [6, 6.07) is 3.33. The Balaban J connectivity index is 2.09. The molecule has 1 aromatic carbocycles. The minimum absolute atomic E-state index is 0.0629. The van der Waals surface area contributed by atoms with Gasteiger partial charge >= 0.3 is 0 Å². The van der Waals surface area contributed by atoms with Crippen LogP contribution in [0, 0.1) is 5.92 Å². The normalized spacial score (nSPS) is 15.2. The number of nitrogens with two attached hydrogens (primary N) is 1. The fourth-order valence-electron chi connectivity index (χ4n) is 2.27. The molecule has 1 aromatic rings. The van der Waals surface area contributed by atoms with E-state index in [4.69, 9.17) is 19.9 Å². The maximum Gasteiger partial charge on any atom is 0.225 e. The molecule has 1 saturated carbocycles. The summed E-state index contributed by atoms with van der Waals surface area (Å²) in [4.78, 5) is 12.0. The highest BCUT2D eigenvalue weighted by molar-refractivity contribution is 5.92. The van der Waals surface area contributed by atoms with Gasteiger partial charge in [0.05, 0.1) is 21.3 Å². The first-order valence-corrected chi connectivity index (χ1v) is 6.94. The second-order valence-electron chi connectivity index (χ2n) is 5.17. The third kappa shape index (κ3) is 3.78. The number of carbonyl (C=O) groups excluding carboxylic acids is 1. The van der Waals surface area contributed by atoms with Gasteiger partial charge < -0.3 is 25.3 Å². The molecule has 0 saturated heterocycles. The molecule has 0 aliphatic heterocycles. The lowest BCUT2D eigenvalue weighted by Crippen LogP contribution is -2.28. The summed E-state index contributed by atoms with van der Waals surface area (Å²) in [5.74, 6) is 1.88. The number of carbonyl (C=O) groups is 1. The topological polar surface area (TPSA) is 82.8 Å². The van der Waals surface area contributed by atoms with Crippen molar-refractivity contribution in [1.82, 2.24) is 0 Å². The van der Waals surface area contributed by atoms with Gasteiger partial charge in [-0.2, -0.15) is 0 Å². The van der Waals surface area contributed by atoms with E-state index in [9.17, 15) is 4.79 Å². The second-order valence-corrected chi connectivity index (χ2v) is 5.17. The smallest absolute Gasteiger partial charge is 0.225 e. The largest absolute Gasteiger partial charge is 0.493 e. The fourth-order valence-corrected chi connectivity index (χ4v) is 2.27.